The predicted molar refractivity (Wildman–Crippen MR) is 75.8 cm³/mol. The number of hydrogen-bond donors (Lipinski definition) is 2. The van der Waals surface area contributed by atoms with Crippen molar-refractivity contribution in [2.24, 2.45) is 5.84 Å². The first kappa shape index (κ1) is 13.5. The second kappa shape index (κ2) is 5.84. The molecule has 1 unspecified atom stereocenters. The summed E-state index contributed by atoms with van der Waals surface area (Å²) in [6.07, 6.45) is 4.82. The maximum absolute atomic E-state index is 6.31. The smallest absolute Gasteiger partial charge is 0.132 e. The number of nitrogens with zero attached hydrogens (tertiary/aromatic N) is 2. The number of rotatable bonds is 5. The van der Waals surface area contributed by atoms with Crippen molar-refractivity contribution in [3.05, 3.63) is 39.1 Å². The van der Waals surface area contributed by atoms with Crippen LogP contribution in [0.1, 0.15) is 35.7 Å². The van der Waals surface area contributed by atoms with Crippen molar-refractivity contribution in [2.75, 3.05) is 0 Å². The summed E-state index contributed by atoms with van der Waals surface area (Å²) in [6.45, 7) is 5.06. The van der Waals surface area contributed by atoms with Gasteiger partial charge in [0, 0.05) is 23.8 Å². The molecule has 0 saturated carbocycles. The van der Waals surface area contributed by atoms with Gasteiger partial charge in [-0.25, -0.2) is 10.4 Å². The molecule has 0 radical (unpaired) electrons. The highest BCUT2D eigenvalue weighted by molar-refractivity contribution is 7.10. The van der Waals surface area contributed by atoms with Gasteiger partial charge in [-0.2, -0.15) is 0 Å². The fraction of sp³-hybridized carbons (Fsp3) is 0.417. The Hall–Kier alpha value is -0.880. The van der Waals surface area contributed by atoms with Crippen molar-refractivity contribution in [1.82, 2.24) is 15.0 Å². The first-order valence-corrected chi connectivity index (χ1v) is 7.15. The molecule has 3 N–H and O–H groups in total. The molecule has 6 heteroatoms. The van der Waals surface area contributed by atoms with Gasteiger partial charge in [-0.3, -0.25) is 5.84 Å². The summed E-state index contributed by atoms with van der Waals surface area (Å²) < 4.78 is 2.11. The van der Waals surface area contributed by atoms with Crippen LogP contribution in [0.4, 0.5) is 0 Å². The second-order valence-corrected chi connectivity index (χ2v) is 5.46. The molecule has 0 aliphatic carbocycles. The lowest BCUT2D eigenvalue weighted by molar-refractivity contribution is 0.551. The zero-order valence-corrected chi connectivity index (χ0v) is 12.1. The molecule has 98 valence electrons. The minimum absolute atomic E-state index is 0.155. The number of imidazole rings is 1. The molecule has 0 aromatic carbocycles. The summed E-state index contributed by atoms with van der Waals surface area (Å²) in [7, 11) is 0. The van der Waals surface area contributed by atoms with Gasteiger partial charge in [0.2, 0.25) is 0 Å². The minimum atomic E-state index is -0.155. The molecule has 4 nitrogen and oxygen atoms in total. The molecule has 2 heterocycles. The highest BCUT2D eigenvalue weighted by Gasteiger charge is 2.22. The molecule has 0 aliphatic heterocycles. The van der Waals surface area contributed by atoms with Crippen LogP contribution in [0.5, 0.6) is 0 Å². The van der Waals surface area contributed by atoms with Crippen molar-refractivity contribution in [1.29, 1.82) is 0 Å². The zero-order chi connectivity index (χ0) is 13.1. The topological polar surface area (TPSA) is 55.9 Å². The Kier molecular flexibility index (Phi) is 4.40. The summed E-state index contributed by atoms with van der Waals surface area (Å²) in [4.78, 5) is 5.42. The predicted octanol–water partition coefficient (Wildman–Crippen LogP) is 2.87. The number of nitrogens with one attached hydrogen (secondary N) is 1. The number of nitrogens with two attached hydrogens (primary N) is 1. The number of halogens is 1. The summed E-state index contributed by atoms with van der Waals surface area (Å²) in [5.74, 6) is 6.59. The van der Waals surface area contributed by atoms with E-state index in [-0.39, 0.29) is 6.04 Å². The number of hydrazine groups is 1. The quantitative estimate of drug-likeness (QED) is 0.656. The van der Waals surface area contributed by atoms with Gasteiger partial charge in [0.1, 0.15) is 11.9 Å². The van der Waals surface area contributed by atoms with E-state index in [1.54, 1.807) is 17.5 Å². The molecule has 0 saturated heterocycles. The van der Waals surface area contributed by atoms with E-state index in [0.29, 0.717) is 0 Å². The van der Waals surface area contributed by atoms with E-state index in [0.717, 1.165) is 34.3 Å². The van der Waals surface area contributed by atoms with Crippen molar-refractivity contribution < 1.29 is 0 Å². The lowest BCUT2D eigenvalue weighted by Gasteiger charge is -2.16. The fourth-order valence-corrected chi connectivity index (χ4v) is 3.28. The van der Waals surface area contributed by atoms with E-state index >= 15 is 0 Å². The maximum Gasteiger partial charge on any atom is 0.132 e. The molecule has 2 aromatic rings. The molecule has 18 heavy (non-hydrogen) atoms. The van der Waals surface area contributed by atoms with Crippen molar-refractivity contribution in [3.63, 3.8) is 0 Å². The monoisotopic (exact) mass is 284 g/mol. The van der Waals surface area contributed by atoms with Gasteiger partial charge in [0.25, 0.3) is 0 Å². The molecule has 1 atom stereocenters. The van der Waals surface area contributed by atoms with Crippen LogP contribution in [0.2, 0.25) is 5.02 Å². The fourth-order valence-electron chi connectivity index (χ4n) is 1.92. The van der Waals surface area contributed by atoms with Crippen LogP contribution < -0.4 is 11.3 Å². The Morgan fingerprint density at radius 1 is 1.61 bits per heavy atom. The molecule has 2 aromatic heterocycles. The second-order valence-electron chi connectivity index (χ2n) is 4.18. The van der Waals surface area contributed by atoms with Gasteiger partial charge in [0.05, 0.1) is 5.02 Å². The Morgan fingerprint density at radius 2 is 2.39 bits per heavy atom. The first-order valence-electron chi connectivity index (χ1n) is 5.89. The average Bonchev–Trinajstić information content (AvgIpc) is 2.93. The Labute approximate surface area is 116 Å². The van der Waals surface area contributed by atoms with Crippen LogP contribution in [0.25, 0.3) is 0 Å². The molecule has 0 bridgehead atoms. The average molecular weight is 285 g/mol. The molecule has 0 fully saturated rings. The van der Waals surface area contributed by atoms with Gasteiger partial charge in [-0.05, 0) is 24.3 Å². The molecule has 0 aliphatic rings. The first-order chi connectivity index (χ1) is 8.69. The molecule has 2 rings (SSSR count). The summed E-state index contributed by atoms with van der Waals surface area (Å²) in [6, 6.07) is -0.155. The third-order valence-corrected chi connectivity index (χ3v) is 4.60. The SMILES string of the molecule is CCCn1ccnc1C(NN)c1scc(C)c1Cl. The minimum Gasteiger partial charge on any atom is -0.333 e. The van der Waals surface area contributed by atoms with E-state index in [4.69, 9.17) is 17.4 Å². The summed E-state index contributed by atoms with van der Waals surface area (Å²) >= 11 is 7.91. The van der Waals surface area contributed by atoms with Crippen molar-refractivity contribution in [3.8, 4) is 0 Å². The molecular weight excluding hydrogens is 268 g/mol. The summed E-state index contributed by atoms with van der Waals surface area (Å²) in [5, 5.41) is 2.81. The van der Waals surface area contributed by atoms with E-state index in [9.17, 15) is 0 Å². The van der Waals surface area contributed by atoms with Gasteiger partial charge in [-0.15, -0.1) is 11.3 Å². The highest BCUT2D eigenvalue weighted by atomic mass is 35.5. The van der Waals surface area contributed by atoms with Crippen molar-refractivity contribution >= 4 is 22.9 Å². The molecular formula is C12H17ClN4S. The van der Waals surface area contributed by atoms with E-state index in [1.807, 2.05) is 18.5 Å². The van der Waals surface area contributed by atoms with Crippen LogP contribution in [-0.4, -0.2) is 9.55 Å². The molecule has 0 spiro atoms. The van der Waals surface area contributed by atoms with Crippen LogP contribution in [0.15, 0.2) is 17.8 Å². The van der Waals surface area contributed by atoms with Gasteiger partial charge in [0.15, 0.2) is 0 Å². The van der Waals surface area contributed by atoms with E-state index in [1.165, 1.54) is 0 Å². The standard InChI is InChI=1S/C12H17ClN4S/c1-3-5-17-6-4-15-12(17)10(16-14)11-9(13)8(2)7-18-11/h4,6-7,10,16H,3,5,14H2,1-2H3. The van der Waals surface area contributed by atoms with E-state index < -0.39 is 0 Å². The highest BCUT2D eigenvalue weighted by Crippen LogP contribution is 2.34. The lowest BCUT2D eigenvalue weighted by atomic mass is 10.2. The number of hydrogen-bond acceptors (Lipinski definition) is 4. The van der Waals surface area contributed by atoms with Crippen molar-refractivity contribution in [2.45, 2.75) is 32.9 Å². The third-order valence-electron chi connectivity index (χ3n) is 2.82. The normalized spacial score (nSPS) is 12.9. The maximum atomic E-state index is 6.31. The Balaban J connectivity index is 2.39. The Bertz CT molecular complexity index is 520. The van der Waals surface area contributed by atoms with Crippen LogP contribution in [-0.2, 0) is 6.54 Å². The van der Waals surface area contributed by atoms with E-state index in [2.05, 4.69) is 21.9 Å². The largest absolute Gasteiger partial charge is 0.333 e. The van der Waals surface area contributed by atoms with Gasteiger partial charge in [-0.1, -0.05) is 18.5 Å². The number of aryl methyl sites for hydroxylation is 2. The lowest BCUT2D eigenvalue weighted by Crippen LogP contribution is -2.30. The summed E-state index contributed by atoms with van der Waals surface area (Å²) in [5.41, 5.74) is 3.89. The van der Waals surface area contributed by atoms with Crippen LogP contribution in [0.3, 0.4) is 0 Å². The Morgan fingerprint density at radius 3 is 2.94 bits per heavy atom. The van der Waals surface area contributed by atoms with Gasteiger partial charge >= 0.3 is 0 Å². The van der Waals surface area contributed by atoms with Gasteiger partial charge < -0.3 is 4.57 Å². The zero-order valence-electron chi connectivity index (χ0n) is 10.5. The van der Waals surface area contributed by atoms with Crippen LogP contribution in [0, 0.1) is 6.92 Å². The number of thiophene rings is 1. The molecule has 0 amide bonds. The third kappa shape index (κ3) is 2.44. The number of aromatic nitrogens is 2. The van der Waals surface area contributed by atoms with Crippen LogP contribution >= 0.6 is 22.9 Å².